The fourth-order valence-electron chi connectivity index (χ4n) is 5.32. The Labute approximate surface area is 175 Å². The van der Waals surface area contributed by atoms with Gasteiger partial charge in [-0.2, -0.15) is 0 Å². The summed E-state index contributed by atoms with van der Waals surface area (Å²) in [7, 11) is 0. The first kappa shape index (κ1) is 20.4. The third-order valence-electron chi connectivity index (χ3n) is 7.17. The number of anilines is 2. The van der Waals surface area contributed by atoms with Crippen molar-refractivity contribution in [1.29, 1.82) is 0 Å². The molecule has 1 aliphatic carbocycles. The van der Waals surface area contributed by atoms with Gasteiger partial charge in [0.1, 0.15) is 0 Å². The molecule has 3 heterocycles. The van der Waals surface area contributed by atoms with Gasteiger partial charge in [0.05, 0.1) is 0 Å². The molecule has 1 unspecified atom stereocenters. The lowest BCUT2D eigenvalue weighted by molar-refractivity contribution is -0.132. The summed E-state index contributed by atoms with van der Waals surface area (Å²) in [5.74, 6) is 2.93. The standard InChI is InChI=1S/C23H37N5O/c1-2-20-10-6-7-13-28(20)22-12-11-21(24-25-22)26-14-16-27(17-15-26)23(29)18-19-8-4-3-5-9-19/h11-12,19-20H,2-10,13-18H2,1H3. The van der Waals surface area contributed by atoms with Crippen LogP contribution in [0.4, 0.5) is 11.6 Å². The summed E-state index contributed by atoms with van der Waals surface area (Å²) < 4.78 is 0. The third kappa shape index (κ3) is 5.01. The molecular weight excluding hydrogens is 362 g/mol. The molecule has 6 heteroatoms. The van der Waals surface area contributed by atoms with Crippen molar-refractivity contribution in [3.8, 4) is 0 Å². The minimum Gasteiger partial charge on any atom is -0.352 e. The van der Waals surface area contributed by atoms with E-state index in [1.807, 2.05) is 0 Å². The van der Waals surface area contributed by atoms with Gasteiger partial charge in [-0.15, -0.1) is 10.2 Å². The summed E-state index contributed by atoms with van der Waals surface area (Å²) in [4.78, 5) is 19.4. The van der Waals surface area contributed by atoms with Crippen LogP contribution >= 0.6 is 0 Å². The van der Waals surface area contributed by atoms with E-state index in [-0.39, 0.29) is 0 Å². The second-order valence-electron chi connectivity index (χ2n) is 9.08. The summed E-state index contributed by atoms with van der Waals surface area (Å²) in [6.45, 7) is 6.67. The second-order valence-corrected chi connectivity index (χ2v) is 9.08. The van der Waals surface area contributed by atoms with Crippen LogP contribution in [0.2, 0.25) is 0 Å². The van der Waals surface area contributed by atoms with Crippen LogP contribution in [0.1, 0.15) is 71.1 Å². The monoisotopic (exact) mass is 399 g/mol. The molecule has 0 aromatic carbocycles. The Kier molecular flexibility index (Phi) is 6.88. The highest BCUT2D eigenvalue weighted by molar-refractivity contribution is 5.76. The summed E-state index contributed by atoms with van der Waals surface area (Å²) in [6.07, 6.45) is 12.2. The molecule has 0 bridgehead atoms. The predicted molar refractivity (Wildman–Crippen MR) is 117 cm³/mol. The quantitative estimate of drug-likeness (QED) is 0.752. The smallest absolute Gasteiger partial charge is 0.222 e. The maximum absolute atomic E-state index is 12.7. The number of piperazine rings is 1. The molecule has 6 nitrogen and oxygen atoms in total. The van der Waals surface area contributed by atoms with Gasteiger partial charge in [-0.25, -0.2) is 0 Å². The Balaban J connectivity index is 1.28. The number of carbonyl (C=O) groups is 1. The van der Waals surface area contributed by atoms with E-state index < -0.39 is 0 Å². The number of aromatic nitrogens is 2. The van der Waals surface area contributed by atoms with E-state index in [4.69, 9.17) is 0 Å². The molecule has 2 aliphatic heterocycles. The van der Waals surface area contributed by atoms with Gasteiger partial charge in [0.15, 0.2) is 11.6 Å². The number of piperidine rings is 1. The van der Waals surface area contributed by atoms with Crippen molar-refractivity contribution in [2.45, 2.75) is 77.2 Å². The van der Waals surface area contributed by atoms with Crippen molar-refractivity contribution in [2.24, 2.45) is 5.92 Å². The molecule has 1 aromatic rings. The maximum atomic E-state index is 12.7. The minimum absolute atomic E-state index is 0.355. The number of carbonyl (C=O) groups excluding carboxylic acids is 1. The van der Waals surface area contributed by atoms with E-state index in [1.165, 1.54) is 57.8 Å². The van der Waals surface area contributed by atoms with Crippen molar-refractivity contribution in [3.63, 3.8) is 0 Å². The predicted octanol–water partition coefficient (Wildman–Crippen LogP) is 3.86. The van der Waals surface area contributed by atoms with Gasteiger partial charge in [-0.1, -0.05) is 26.2 Å². The van der Waals surface area contributed by atoms with Crippen molar-refractivity contribution >= 4 is 17.5 Å². The SMILES string of the molecule is CCC1CCCCN1c1ccc(N2CCN(C(=O)CC3CCCCC3)CC2)nn1. The van der Waals surface area contributed by atoms with Crippen molar-refractivity contribution < 1.29 is 4.79 Å². The van der Waals surface area contributed by atoms with Gasteiger partial charge in [0.25, 0.3) is 0 Å². The van der Waals surface area contributed by atoms with E-state index in [9.17, 15) is 4.79 Å². The number of hydrogen-bond donors (Lipinski definition) is 0. The minimum atomic E-state index is 0.355. The van der Waals surface area contributed by atoms with Crippen LogP contribution in [0.15, 0.2) is 12.1 Å². The highest BCUT2D eigenvalue weighted by atomic mass is 16.2. The number of amides is 1. The van der Waals surface area contributed by atoms with E-state index in [0.29, 0.717) is 17.9 Å². The van der Waals surface area contributed by atoms with Gasteiger partial charge < -0.3 is 14.7 Å². The zero-order chi connectivity index (χ0) is 20.1. The largest absolute Gasteiger partial charge is 0.352 e. The molecule has 4 rings (SSSR count). The summed E-state index contributed by atoms with van der Waals surface area (Å²) in [5, 5.41) is 9.10. The summed E-state index contributed by atoms with van der Waals surface area (Å²) >= 11 is 0. The van der Waals surface area contributed by atoms with Crippen LogP contribution in [0.25, 0.3) is 0 Å². The second kappa shape index (κ2) is 9.77. The van der Waals surface area contributed by atoms with Crippen LogP contribution in [0.5, 0.6) is 0 Å². The number of nitrogens with zero attached hydrogens (tertiary/aromatic N) is 5. The first-order valence-electron chi connectivity index (χ1n) is 11.9. The van der Waals surface area contributed by atoms with Gasteiger partial charge in [-0.05, 0) is 56.6 Å². The molecule has 0 radical (unpaired) electrons. The Morgan fingerprint density at radius 3 is 2.28 bits per heavy atom. The van der Waals surface area contributed by atoms with Crippen LogP contribution < -0.4 is 9.80 Å². The fourth-order valence-corrected chi connectivity index (χ4v) is 5.32. The topological polar surface area (TPSA) is 52.6 Å². The van der Waals surface area contributed by atoms with E-state index in [2.05, 4.69) is 44.0 Å². The van der Waals surface area contributed by atoms with E-state index in [0.717, 1.165) is 50.8 Å². The van der Waals surface area contributed by atoms with Gasteiger partial charge >= 0.3 is 0 Å². The normalized spacial score (nSPS) is 24.0. The molecule has 2 saturated heterocycles. The molecule has 1 atom stereocenters. The van der Waals surface area contributed by atoms with Crippen LogP contribution in [0.3, 0.4) is 0 Å². The number of rotatable bonds is 5. The lowest BCUT2D eigenvalue weighted by Gasteiger charge is -2.37. The lowest BCUT2D eigenvalue weighted by Crippen LogP contribution is -2.49. The third-order valence-corrected chi connectivity index (χ3v) is 7.17. The van der Waals surface area contributed by atoms with Crippen LogP contribution in [-0.4, -0.2) is 59.8 Å². The van der Waals surface area contributed by atoms with Crippen LogP contribution in [0, 0.1) is 5.92 Å². The molecule has 0 N–H and O–H groups in total. The van der Waals surface area contributed by atoms with E-state index >= 15 is 0 Å². The highest BCUT2D eigenvalue weighted by Crippen LogP contribution is 2.28. The Morgan fingerprint density at radius 1 is 0.897 bits per heavy atom. The lowest BCUT2D eigenvalue weighted by atomic mass is 9.86. The molecule has 1 aromatic heterocycles. The average molecular weight is 400 g/mol. The molecule has 0 spiro atoms. The fraction of sp³-hybridized carbons (Fsp3) is 0.783. The van der Waals surface area contributed by atoms with Gasteiger partial charge in [0.2, 0.25) is 5.91 Å². The molecule has 1 saturated carbocycles. The van der Waals surface area contributed by atoms with Crippen molar-refractivity contribution in [3.05, 3.63) is 12.1 Å². The van der Waals surface area contributed by atoms with Crippen molar-refractivity contribution in [1.82, 2.24) is 15.1 Å². The molecule has 160 valence electrons. The first-order chi connectivity index (χ1) is 14.2. The Hall–Kier alpha value is -1.85. The van der Waals surface area contributed by atoms with E-state index in [1.54, 1.807) is 0 Å². The maximum Gasteiger partial charge on any atom is 0.222 e. The molecular formula is C23H37N5O. The highest BCUT2D eigenvalue weighted by Gasteiger charge is 2.26. The molecule has 3 fully saturated rings. The molecule has 1 amide bonds. The van der Waals surface area contributed by atoms with Crippen LogP contribution in [-0.2, 0) is 4.79 Å². The van der Waals surface area contributed by atoms with Crippen molar-refractivity contribution in [2.75, 3.05) is 42.5 Å². The first-order valence-corrected chi connectivity index (χ1v) is 11.9. The zero-order valence-electron chi connectivity index (χ0n) is 18.1. The molecule has 3 aliphatic rings. The Morgan fingerprint density at radius 2 is 1.59 bits per heavy atom. The Bertz CT molecular complexity index is 650. The molecule has 29 heavy (non-hydrogen) atoms. The van der Waals surface area contributed by atoms with Gasteiger partial charge in [0, 0.05) is 45.2 Å². The number of hydrogen-bond acceptors (Lipinski definition) is 5. The zero-order valence-corrected chi connectivity index (χ0v) is 18.1. The summed E-state index contributed by atoms with van der Waals surface area (Å²) in [5.41, 5.74) is 0. The average Bonchev–Trinajstić information content (AvgIpc) is 2.80. The summed E-state index contributed by atoms with van der Waals surface area (Å²) in [6, 6.07) is 4.85. The van der Waals surface area contributed by atoms with Gasteiger partial charge in [-0.3, -0.25) is 4.79 Å².